The Kier molecular flexibility index (Phi) is 6.90. The summed E-state index contributed by atoms with van der Waals surface area (Å²) in [5.41, 5.74) is 25.6. The second-order valence-corrected chi connectivity index (χ2v) is 18.2. The molecule has 0 amide bonds. The summed E-state index contributed by atoms with van der Waals surface area (Å²) in [6.07, 6.45) is 0.908. The first-order valence-corrected chi connectivity index (χ1v) is 22.8. The van der Waals surface area contributed by atoms with E-state index in [1.807, 2.05) is 0 Å². The SMILES string of the molecule is c1ccc2c(c1)Cc1cccc(N(c3ccc4c(c3)C3(c5ccccc5O4)c4ccccc4-c4ccccc43)c3cccc4c3-c3ccccc3C43c4ccccc4-c4ccccc43)c1-2. The van der Waals surface area contributed by atoms with E-state index in [1.54, 1.807) is 0 Å². The van der Waals surface area contributed by atoms with Gasteiger partial charge < -0.3 is 9.64 Å². The van der Waals surface area contributed by atoms with Gasteiger partial charge in [0.15, 0.2) is 0 Å². The lowest BCUT2D eigenvalue weighted by Crippen LogP contribution is -2.32. The highest BCUT2D eigenvalue weighted by atomic mass is 16.5. The van der Waals surface area contributed by atoms with Crippen LogP contribution in [-0.2, 0) is 17.3 Å². The molecule has 1 heterocycles. The second kappa shape index (κ2) is 12.7. The second-order valence-electron chi connectivity index (χ2n) is 18.2. The highest BCUT2D eigenvalue weighted by Gasteiger charge is 2.54. The lowest BCUT2D eigenvalue weighted by molar-refractivity contribution is 0.436. The fraction of sp³-hybridized carbons (Fsp3) is 0.0476. The third-order valence-corrected chi connectivity index (χ3v) is 15.4. The molecule has 0 atom stereocenters. The quantitative estimate of drug-likeness (QED) is 0.176. The van der Waals surface area contributed by atoms with Crippen molar-refractivity contribution in [3.63, 3.8) is 0 Å². The highest BCUT2D eigenvalue weighted by molar-refractivity contribution is 6.03. The Balaban J connectivity index is 1.06. The Bertz CT molecular complexity index is 3610. The molecule has 2 spiro atoms. The van der Waals surface area contributed by atoms with Crippen molar-refractivity contribution in [3.8, 4) is 56.0 Å². The predicted octanol–water partition coefficient (Wildman–Crippen LogP) is 15.5. The Morgan fingerprint density at radius 3 is 1.37 bits per heavy atom. The van der Waals surface area contributed by atoms with Crippen LogP contribution in [0.15, 0.2) is 224 Å². The molecule has 15 rings (SSSR count). The maximum atomic E-state index is 6.99. The molecule has 0 saturated heterocycles. The molecule has 5 aliphatic rings. The number of benzene rings is 10. The summed E-state index contributed by atoms with van der Waals surface area (Å²) in [4.78, 5) is 2.59. The van der Waals surface area contributed by atoms with E-state index in [0.29, 0.717) is 0 Å². The van der Waals surface area contributed by atoms with Gasteiger partial charge in [0.25, 0.3) is 0 Å². The van der Waals surface area contributed by atoms with Crippen LogP contribution in [0.5, 0.6) is 11.5 Å². The molecule has 302 valence electrons. The van der Waals surface area contributed by atoms with Gasteiger partial charge in [-0.3, -0.25) is 0 Å². The lowest BCUT2D eigenvalue weighted by atomic mass is 9.66. The van der Waals surface area contributed by atoms with Crippen molar-refractivity contribution < 1.29 is 4.74 Å². The normalized spacial score (nSPS) is 14.8. The average Bonchev–Trinajstić information content (AvgIpc) is 4.08. The van der Waals surface area contributed by atoms with Gasteiger partial charge in [0.05, 0.1) is 22.2 Å². The number of hydrogen-bond acceptors (Lipinski definition) is 2. The van der Waals surface area contributed by atoms with Crippen LogP contribution in [0.4, 0.5) is 17.1 Å². The van der Waals surface area contributed by atoms with E-state index in [1.165, 1.54) is 94.7 Å². The maximum Gasteiger partial charge on any atom is 0.132 e. The van der Waals surface area contributed by atoms with Crippen molar-refractivity contribution in [1.29, 1.82) is 0 Å². The first-order chi connectivity index (χ1) is 32.3. The molecule has 0 N–H and O–H groups in total. The van der Waals surface area contributed by atoms with E-state index < -0.39 is 10.8 Å². The van der Waals surface area contributed by atoms with Crippen molar-refractivity contribution in [3.05, 3.63) is 280 Å². The van der Waals surface area contributed by atoms with Crippen LogP contribution in [0.2, 0.25) is 0 Å². The van der Waals surface area contributed by atoms with E-state index in [0.717, 1.165) is 40.4 Å². The predicted molar refractivity (Wildman–Crippen MR) is 263 cm³/mol. The third kappa shape index (κ3) is 4.30. The zero-order chi connectivity index (χ0) is 42.4. The molecule has 0 radical (unpaired) electrons. The molecular weight excluding hydrogens is 787 g/mol. The highest BCUT2D eigenvalue weighted by Crippen LogP contribution is 2.66. The van der Waals surface area contributed by atoms with Crippen molar-refractivity contribution >= 4 is 17.1 Å². The van der Waals surface area contributed by atoms with Gasteiger partial charge in [-0.05, 0) is 121 Å². The van der Waals surface area contributed by atoms with Crippen LogP contribution >= 0.6 is 0 Å². The number of para-hydroxylation sites is 1. The summed E-state index contributed by atoms with van der Waals surface area (Å²) >= 11 is 0. The minimum atomic E-state index is -0.600. The number of hydrogen-bond donors (Lipinski definition) is 0. The van der Waals surface area contributed by atoms with Gasteiger partial charge in [-0.2, -0.15) is 0 Å². The van der Waals surface area contributed by atoms with Crippen molar-refractivity contribution in [2.75, 3.05) is 4.90 Å². The van der Waals surface area contributed by atoms with E-state index in [-0.39, 0.29) is 0 Å². The molecular formula is C63H39NO. The molecule has 65 heavy (non-hydrogen) atoms. The van der Waals surface area contributed by atoms with Gasteiger partial charge in [-0.15, -0.1) is 0 Å². The molecule has 1 aliphatic heterocycles. The number of ether oxygens (including phenoxy) is 1. The standard InChI is InChI=1S/C63H39NO/c1-2-19-42-39(17-1)37-40-18-15-32-56(60(40)42)64(57-33-16-31-54-61(57)47-24-7-12-29-52(47)62(54)48-25-8-3-20-43(48)44-21-4-9-26-49(44)62)41-35-36-59-55(38-41)63(53-30-13-14-34-58(53)65-59)50-27-10-5-22-45(50)46-23-6-11-28-51(46)63/h1-36,38H,37H2. The summed E-state index contributed by atoms with van der Waals surface area (Å²) in [6.45, 7) is 0. The van der Waals surface area contributed by atoms with Crippen LogP contribution < -0.4 is 9.64 Å². The van der Waals surface area contributed by atoms with Gasteiger partial charge in [-0.1, -0.05) is 188 Å². The van der Waals surface area contributed by atoms with Crippen LogP contribution in [0.3, 0.4) is 0 Å². The summed E-state index contributed by atoms with van der Waals surface area (Å²) in [5, 5.41) is 0. The Morgan fingerprint density at radius 2 is 0.738 bits per heavy atom. The molecule has 2 heteroatoms. The summed E-state index contributed by atoms with van der Waals surface area (Å²) in [7, 11) is 0. The number of nitrogens with zero attached hydrogens (tertiary/aromatic N) is 1. The smallest absolute Gasteiger partial charge is 0.132 e. The zero-order valence-corrected chi connectivity index (χ0v) is 35.4. The van der Waals surface area contributed by atoms with Gasteiger partial charge in [-0.25, -0.2) is 0 Å². The van der Waals surface area contributed by atoms with Crippen molar-refractivity contribution in [2.45, 2.75) is 17.3 Å². The van der Waals surface area contributed by atoms with E-state index in [2.05, 4.69) is 229 Å². The molecule has 4 aliphatic carbocycles. The molecule has 10 aromatic rings. The summed E-state index contributed by atoms with van der Waals surface area (Å²) in [6, 6.07) is 84.0. The van der Waals surface area contributed by atoms with Crippen LogP contribution in [-0.4, -0.2) is 0 Å². The summed E-state index contributed by atoms with van der Waals surface area (Å²) < 4.78 is 6.99. The minimum Gasteiger partial charge on any atom is -0.457 e. The van der Waals surface area contributed by atoms with Gasteiger partial charge in [0.1, 0.15) is 11.5 Å². The Morgan fingerprint density at radius 1 is 0.308 bits per heavy atom. The van der Waals surface area contributed by atoms with E-state index in [4.69, 9.17) is 4.74 Å². The average molecular weight is 826 g/mol. The third-order valence-electron chi connectivity index (χ3n) is 15.4. The van der Waals surface area contributed by atoms with Gasteiger partial charge in [0, 0.05) is 27.9 Å². The largest absolute Gasteiger partial charge is 0.457 e. The molecule has 0 fully saturated rings. The van der Waals surface area contributed by atoms with E-state index >= 15 is 0 Å². The van der Waals surface area contributed by atoms with Crippen LogP contribution in [0.25, 0.3) is 44.5 Å². The number of rotatable bonds is 3. The number of anilines is 3. The fourth-order valence-corrected chi connectivity index (χ4v) is 13.1. The Hall–Kier alpha value is -8.20. The molecule has 2 nitrogen and oxygen atoms in total. The molecule has 0 saturated carbocycles. The van der Waals surface area contributed by atoms with Crippen LogP contribution in [0, 0.1) is 0 Å². The van der Waals surface area contributed by atoms with Gasteiger partial charge >= 0.3 is 0 Å². The molecule has 10 aromatic carbocycles. The molecule has 0 bridgehead atoms. The fourth-order valence-electron chi connectivity index (χ4n) is 13.1. The molecule has 0 aromatic heterocycles. The zero-order valence-electron chi connectivity index (χ0n) is 35.4. The van der Waals surface area contributed by atoms with Gasteiger partial charge in [0.2, 0.25) is 0 Å². The Labute approximate surface area is 378 Å². The van der Waals surface area contributed by atoms with Crippen LogP contribution in [0.1, 0.15) is 55.6 Å². The lowest BCUT2D eigenvalue weighted by Gasteiger charge is -2.40. The topological polar surface area (TPSA) is 12.5 Å². The molecule has 0 unspecified atom stereocenters. The number of fused-ring (bicyclic) bond motifs is 22. The first-order valence-electron chi connectivity index (χ1n) is 22.8. The minimum absolute atomic E-state index is 0.471. The summed E-state index contributed by atoms with van der Waals surface area (Å²) in [5.74, 6) is 1.78. The van der Waals surface area contributed by atoms with Crippen molar-refractivity contribution in [1.82, 2.24) is 0 Å². The first kappa shape index (κ1) is 35.3. The van der Waals surface area contributed by atoms with E-state index in [9.17, 15) is 0 Å². The maximum absolute atomic E-state index is 6.99. The monoisotopic (exact) mass is 825 g/mol. The van der Waals surface area contributed by atoms with Crippen molar-refractivity contribution in [2.24, 2.45) is 0 Å².